The maximum Gasteiger partial charge on any atom is 0.206 e. The summed E-state index contributed by atoms with van der Waals surface area (Å²) in [6.07, 6.45) is 2.92. The van der Waals surface area contributed by atoms with E-state index in [0.29, 0.717) is 6.54 Å². The van der Waals surface area contributed by atoms with Gasteiger partial charge < -0.3 is 4.98 Å². The number of hydrogen-bond acceptors (Lipinski definition) is 1. The average molecular weight is 253 g/mol. The van der Waals surface area contributed by atoms with E-state index in [1.165, 1.54) is 16.5 Å². The fourth-order valence-corrected chi connectivity index (χ4v) is 2.73. The SMILES string of the molecule is CCc1c2[nH]c3ccccc3c2cc[n+]1CC(C)=O. The van der Waals surface area contributed by atoms with Gasteiger partial charge in [0.1, 0.15) is 5.52 Å². The molecule has 1 N–H and O–H groups in total. The quantitative estimate of drug-likeness (QED) is 0.716. The molecule has 0 fully saturated rings. The van der Waals surface area contributed by atoms with Gasteiger partial charge in [0.05, 0.1) is 0 Å². The van der Waals surface area contributed by atoms with Crippen LogP contribution in [-0.4, -0.2) is 10.8 Å². The number of aryl methyl sites for hydroxylation is 1. The number of carbonyl (C=O) groups excluding carboxylic acids is 1. The van der Waals surface area contributed by atoms with Crippen molar-refractivity contribution in [2.24, 2.45) is 0 Å². The molecule has 0 radical (unpaired) electrons. The van der Waals surface area contributed by atoms with E-state index in [-0.39, 0.29) is 5.78 Å². The molecule has 3 nitrogen and oxygen atoms in total. The molecule has 2 aromatic heterocycles. The molecule has 0 saturated heterocycles. The predicted molar refractivity (Wildman–Crippen MR) is 76.1 cm³/mol. The van der Waals surface area contributed by atoms with Crippen molar-refractivity contribution in [3.63, 3.8) is 0 Å². The van der Waals surface area contributed by atoms with Gasteiger partial charge in [-0.2, -0.15) is 4.57 Å². The number of H-pyrrole nitrogens is 1. The van der Waals surface area contributed by atoms with E-state index in [9.17, 15) is 4.79 Å². The lowest BCUT2D eigenvalue weighted by Crippen LogP contribution is -2.41. The number of benzene rings is 1. The Kier molecular flexibility index (Phi) is 2.82. The number of hydrogen-bond donors (Lipinski definition) is 1. The van der Waals surface area contributed by atoms with Gasteiger partial charge in [-0.05, 0) is 6.07 Å². The largest absolute Gasteiger partial charge is 0.349 e. The summed E-state index contributed by atoms with van der Waals surface area (Å²) in [6, 6.07) is 10.4. The lowest BCUT2D eigenvalue weighted by Gasteiger charge is -2.01. The summed E-state index contributed by atoms with van der Waals surface area (Å²) in [5.41, 5.74) is 3.48. The number of pyridine rings is 1. The molecule has 1 aromatic carbocycles. The van der Waals surface area contributed by atoms with Gasteiger partial charge in [0.15, 0.2) is 12.0 Å². The maximum absolute atomic E-state index is 11.4. The fraction of sp³-hybridized carbons (Fsp3) is 0.250. The lowest BCUT2D eigenvalue weighted by molar-refractivity contribution is -0.690. The molecule has 0 aliphatic rings. The standard InChI is InChI=1S/C16H16N2O/c1-3-15-16-13(8-9-18(15)10-11(2)19)12-6-4-5-7-14(12)17-16/h4-9H,3,10H2,1-2H3/p+1. The molecule has 0 saturated carbocycles. The third-order valence-electron chi connectivity index (χ3n) is 3.53. The molecule has 0 amide bonds. The summed E-state index contributed by atoms with van der Waals surface area (Å²) in [5, 5.41) is 2.47. The van der Waals surface area contributed by atoms with E-state index in [2.05, 4.69) is 36.2 Å². The number of ketones is 1. The van der Waals surface area contributed by atoms with Crippen molar-refractivity contribution in [2.45, 2.75) is 26.8 Å². The smallest absolute Gasteiger partial charge is 0.206 e. The first-order valence-electron chi connectivity index (χ1n) is 6.62. The molecule has 3 heteroatoms. The van der Waals surface area contributed by atoms with Crippen molar-refractivity contribution < 1.29 is 9.36 Å². The molecule has 0 bridgehead atoms. The van der Waals surface area contributed by atoms with Crippen molar-refractivity contribution in [2.75, 3.05) is 0 Å². The Morgan fingerprint density at radius 2 is 2.00 bits per heavy atom. The summed E-state index contributed by atoms with van der Waals surface area (Å²) in [4.78, 5) is 14.8. The number of aromatic amines is 1. The molecule has 3 rings (SSSR count). The van der Waals surface area contributed by atoms with Crippen molar-refractivity contribution in [3.05, 3.63) is 42.2 Å². The van der Waals surface area contributed by atoms with Crippen LogP contribution in [0.2, 0.25) is 0 Å². The first kappa shape index (κ1) is 11.9. The van der Waals surface area contributed by atoms with Gasteiger partial charge in [-0.25, -0.2) is 0 Å². The van der Waals surface area contributed by atoms with Crippen molar-refractivity contribution >= 4 is 27.6 Å². The Hall–Kier alpha value is -2.16. The number of nitrogens with zero attached hydrogens (tertiary/aromatic N) is 1. The lowest BCUT2D eigenvalue weighted by atomic mass is 10.1. The Labute approximate surface area is 111 Å². The minimum absolute atomic E-state index is 0.176. The van der Waals surface area contributed by atoms with E-state index < -0.39 is 0 Å². The van der Waals surface area contributed by atoms with Crippen molar-refractivity contribution in [1.29, 1.82) is 0 Å². The van der Waals surface area contributed by atoms with Crippen molar-refractivity contribution in [3.8, 4) is 0 Å². The van der Waals surface area contributed by atoms with E-state index in [1.807, 2.05) is 16.8 Å². The zero-order valence-electron chi connectivity index (χ0n) is 11.2. The van der Waals surface area contributed by atoms with Crippen LogP contribution < -0.4 is 4.57 Å². The molecule has 0 aliphatic heterocycles. The highest BCUT2D eigenvalue weighted by molar-refractivity contribution is 6.07. The molecule has 0 aliphatic carbocycles. The average Bonchev–Trinajstić information content (AvgIpc) is 2.76. The normalized spacial score (nSPS) is 11.3. The number of rotatable bonds is 3. The van der Waals surface area contributed by atoms with E-state index in [1.54, 1.807) is 6.92 Å². The molecule has 0 unspecified atom stereocenters. The molecule has 96 valence electrons. The third kappa shape index (κ3) is 1.91. The zero-order valence-corrected chi connectivity index (χ0v) is 11.2. The van der Waals surface area contributed by atoms with Gasteiger partial charge in [-0.15, -0.1) is 0 Å². The van der Waals surface area contributed by atoms with E-state index >= 15 is 0 Å². The van der Waals surface area contributed by atoms with Crippen LogP contribution in [0.4, 0.5) is 0 Å². The number of para-hydroxylation sites is 1. The third-order valence-corrected chi connectivity index (χ3v) is 3.53. The molecule has 0 spiro atoms. The summed E-state index contributed by atoms with van der Waals surface area (Å²) < 4.78 is 2.04. The summed E-state index contributed by atoms with van der Waals surface area (Å²) in [5.74, 6) is 0.176. The second kappa shape index (κ2) is 4.50. The van der Waals surface area contributed by atoms with E-state index in [4.69, 9.17) is 0 Å². The Morgan fingerprint density at radius 1 is 1.21 bits per heavy atom. The maximum atomic E-state index is 11.4. The van der Waals surface area contributed by atoms with E-state index in [0.717, 1.165) is 17.5 Å². The first-order valence-corrected chi connectivity index (χ1v) is 6.62. The van der Waals surface area contributed by atoms with Gasteiger partial charge >= 0.3 is 0 Å². The predicted octanol–water partition coefficient (Wildman–Crippen LogP) is 2.76. The zero-order chi connectivity index (χ0) is 13.4. The summed E-state index contributed by atoms with van der Waals surface area (Å²) in [7, 11) is 0. The van der Waals surface area contributed by atoms with Crippen LogP contribution in [0, 0.1) is 0 Å². The van der Waals surface area contributed by atoms with Crippen LogP contribution in [0.5, 0.6) is 0 Å². The van der Waals surface area contributed by atoms with Crippen molar-refractivity contribution in [1.82, 2.24) is 4.98 Å². The number of Topliss-reactive ketones (excluding diaryl/α,β-unsaturated/α-hetero) is 1. The van der Waals surface area contributed by atoms with Crippen LogP contribution >= 0.6 is 0 Å². The topological polar surface area (TPSA) is 36.7 Å². The van der Waals surface area contributed by atoms with Gasteiger partial charge in [0.2, 0.25) is 12.2 Å². The highest BCUT2D eigenvalue weighted by Crippen LogP contribution is 2.25. The van der Waals surface area contributed by atoms with Gasteiger partial charge in [0.25, 0.3) is 0 Å². The molecule has 0 atom stereocenters. The van der Waals surface area contributed by atoms with Crippen LogP contribution in [-0.2, 0) is 17.8 Å². The fourth-order valence-electron chi connectivity index (χ4n) is 2.73. The molecule has 2 heterocycles. The minimum Gasteiger partial charge on any atom is -0.349 e. The second-order valence-electron chi connectivity index (χ2n) is 4.91. The van der Waals surface area contributed by atoms with Gasteiger partial charge in [0, 0.05) is 35.7 Å². The molecular weight excluding hydrogens is 236 g/mol. The number of nitrogens with one attached hydrogen (secondary N) is 1. The van der Waals surface area contributed by atoms with Crippen LogP contribution in [0.3, 0.4) is 0 Å². The van der Waals surface area contributed by atoms with Crippen LogP contribution in [0.15, 0.2) is 36.5 Å². The Bertz CT molecular complexity index is 771. The van der Waals surface area contributed by atoms with Crippen LogP contribution in [0.25, 0.3) is 21.8 Å². The highest BCUT2D eigenvalue weighted by Gasteiger charge is 2.17. The molecular formula is C16H17N2O+. The summed E-state index contributed by atoms with van der Waals surface area (Å²) in [6.45, 7) is 4.19. The van der Waals surface area contributed by atoms with Gasteiger partial charge in [-0.3, -0.25) is 4.79 Å². The number of carbonyl (C=O) groups is 1. The monoisotopic (exact) mass is 253 g/mol. The number of fused-ring (bicyclic) bond motifs is 3. The highest BCUT2D eigenvalue weighted by atomic mass is 16.1. The second-order valence-corrected chi connectivity index (χ2v) is 4.91. The van der Waals surface area contributed by atoms with Gasteiger partial charge in [-0.1, -0.05) is 25.1 Å². The molecule has 19 heavy (non-hydrogen) atoms. The number of aromatic nitrogens is 2. The summed E-state index contributed by atoms with van der Waals surface area (Å²) >= 11 is 0. The Morgan fingerprint density at radius 3 is 2.74 bits per heavy atom. The molecule has 3 aromatic rings. The minimum atomic E-state index is 0.176. The van der Waals surface area contributed by atoms with Crippen LogP contribution in [0.1, 0.15) is 19.5 Å². The first-order chi connectivity index (χ1) is 9.20. The Balaban J connectivity index is 2.33.